The van der Waals surface area contributed by atoms with Crippen LogP contribution in [0, 0.1) is 0 Å². The van der Waals surface area contributed by atoms with Crippen molar-refractivity contribution in [2.75, 3.05) is 29.9 Å². The fourth-order valence-electron chi connectivity index (χ4n) is 4.72. The number of fused-ring (bicyclic) bond motifs is 2. The molecule has 1 atom stereocenters. The van der Waals surface area contributed by atoms with Gasteiger partial charge in [0.15, 0.2) is 21.4 Å². The van der Waals surface area contributed by atoms with Crippen LogP contribution in [-0.2, 0) is 24.7 Å². The summed E-state index contributed by atoms with van der Waals surface area (Å²) in [6.07, 6.45) is 1.49. The number of carboxylic acids is 1. The third-order valence-corrected chi connectivity index (χ3v) is 9.54. The van der Waals surface area contributed by atoms with Crippen LogP contribution in [0.1, 0.15) is 52.5 Å². The Kier molecular flexibility index (Phi) is 11.5. The fourth-order valence-corrected chi connectivity index (χ4v) is 6.60. The number of nitrogen functional groups attached to an aromatic ring is 1. The first-order valence-corrected chi connectivity index (χ1v) is 16.2. The molecule has 3 aromatic rings. The monoisotopic (exact) mass is 654 g/mol. The number of rotatable bonds is 13. The summed E-state index contributed by atoms with van der Waals surface area (Å²) in [5.74, 6) is -2.64. The van der Waals surface area contributed by atoms with E-state index < -0.39 is 54.1 Å². The van der Waals surface area contributed by atoms with Gasteiger partial charge < -0.3 is 28.6 Å². The molecule has 44 heavy (non-hydrogen) atoms. The van der Waals surface area contributed by atoms with Crippen LogP contribution >= 0.6 is 0 Å². The van der Waals surface area contributed by atoms with E-state index >= 15 is 0 Å². The number of nitrogens with one attached hydrogen (secondary N) is 2. The molecule has 4 rings (SSSR count). The van der Waals surface area contributed by atoms with Crippen molar-refractivity contribution in [3.8, 4) is 0 Å². The Morgan fingerprint density at radius 1 is 0.909 bits per heavy atom. The van der Waals surface area contributed by atoms with Crippen LogP contribution < -0.4 is 51.7 Å². The predicted molar refractivity (Wildman–Crippen MR) is 159 cm³/mol. The number of sulfone groups is 1. The molecule has 0 bridgehead atoms. The van der Waals surface area contributed by atoms with E-state index in [1.54, 1.807) is 6.07 Å². The van der Waals surface area contributed by atoms with Crippen molar-refractivity contribution >= 4 is 54.6 Å². The van der Waals surface area contributed by atoms with Crippen molar-refractivity contribution in [3.63, 3.8) is 0 Å². The number of anilines is 3. The van der Waals surface area contributed by atoms with Crippen LogP contribution in [0.25, 0.3) is 0 Å². The quantitative estimate of drug-likeness (QED) is 0.0444. The van der Waals surface area contributed by atoms with Crippen LogP contribution in [0.15, 0.2) is 64.4 Å². The van der Waals surface area contributed by atoms with Crippen LogP contribution in [0.4, 0.5) is 17.1 Å². The van der Waals surface area contributed by atoms with Gasteiger partial charge in [0.05, 0.1) is 33.2 Å². The molecule has 1 aliphatic rings. The van der Waals surface area contributed by atoms with E-state index in [1.807, 2.05) is 0 Å². The van der Waals surface area contributed by atoms with Crippen LogP contribution in [0.2, 0.25) is 0 Å². The summed E-state index contributed by atoms with van der Waals surface area (Å²) in [5, 5.41) is 14.6. The molecule has 0 aromatic heterocycles. The van der Waals surface area contributed by atoms with Crippen molar-refractivity contribution in [2.24, 2.45) is 5.73 Å². The number of unbranched alkanes of at least 4 members (excludes halogenated alkanes) is 1. The average molecular weight is 655 g/mol. The maximum atomic E-state index is 13.5. The number of carboxylic acid groups (broad SMARTS) is 1. The zero-order chi connectivity index (χ0) is 31.5. The molecule has 0 spiro atoms. The first kappa shape index (κ1) is 35.3. The number of carbonyl (C=O) groups is 3. The predicted octanol–water partition coefficient (Wildman–Crippen LogP) is -0.903. The number of hydrogen-bond acceptors (Lipinski definition) is 11. The van der Waals surface area contributed by atoms with Crippen LogP contribution in [0.3, 0.4) is 0 Å². The topological polar surface area (TPSA) is 236 Å². The van der Waals surface area contributed by atoms with E-state index in [0.29, 0.717) is 25.8 Å². The summed E-state index contributed by atoms with van der Waals surface area (Å²) in [4.78, 5) is 36.7. The van der Waals surface area contributed by atoms with Crippen LogP contribution in [-0.4, -0.2) is 68.9 Å². The standard InChI is InChI=1S/C28H30N4O9S2.Na.H/c29-20(28(35)36)10-3-4-11-31-12-13-42(37,38)17-7-5-6-16(14-17)32-21-15-22(43(39,40)41)25(30)24-23(21)26(33)18-8-1-2-9-19(18)27(24)34;;/h1-2,5-9,14-15,20,31-32H,3-4,10-13,29-30H2,(H,35,36)(H,39,40,41);;/q;+1;-1/t20-;;/m0../s1. The van der Waals surface area contributed by atoms with E-state index in [4.69, 9.17) is 16.6 Å². The van der Waals surface area contributed by atoms with Crippen molar-refractivity contribution in [1.82, 2.24) is 5.32 Å². The van der Waals surface area contributed by atoms with E-state index in [-0.39, 0.29) is 81.8 Å². The van der Waals surface area contributed by atoms with Gasteiger partial charge in [-0.25, -0.2) is 8.42 Å². The summed E-state index contributed by atoms with van der Waals surface area (Å²) in [7, 11) is -8.71. The maximum Gasteiger partial charge on any atom is 1.00 e. The van der Waals surface area contributed by atoms with Gasteiger partial charge in [-0.2, -0.15) is 8.42 Å². The summed E-state index contributed by atoms with van der Waals surface area (Å²) in [6.45, 7) is 0.599. The molecule has 16 heteroatoms. The van der Waals surface area contributed by atoms with Gasteiger partial charge in [0.25, 0.3) is 10.1 Å². The van der Waals surface area contributed by atoms with Crippen molar-refractivity contribution in [2.45, 2.75) is 35.1 Å². The molecule has 0 saturated heterocycles. The second kappa shape index (κ2) is 14.3. The molecule has 0 unspecified atom stereocenters. The number of nitrogens with two attached hydrogens (primary N) is 2. The van der Waals surface area contributed by atoms with E-state index in [1.165, 1.54) is 42.5 Å². The molecule has 0 fully saturated rings. The van der Waals surface area contributed by atoms with Gasteiger partial charge in [-0.05, 0) is 43.7 Å². The first-order valence-electron chi connectivity index (χ1n) is 13.1. The van der Waals surface area contributed by atoms with Gasteiger partial charge in [-0.15, -0.1) is 0 Å². The summed E-state index contributed by atoms with van der Waals surface area (Å²) < 4.78 is 60.1. The minimum atomic E-state index is -4.92. The van der Waals surface area contributed by atoms with Gasteiger partial charge in [0.2, 0.25) is 0 Å². The second-order valence-electron chi connectivity index (χ2n) is 9.93. The minimum absolute atomic E-state index is 0. The Morgan fingerprint density at radius 2 is 1.55 bits per heavy atom. The molecule has 13 nitrogen and oxygen atoms in total. The summed E-state index contributed by atoms with van der Waals surface area (Å²) in [6, 6.07) is 11.5. The molecular formula is C28H31N4NaO9S2. The largest absolute Gasteiger partial charge is 1.00 e. The molecule has 1 aliphatic carbocycles. The number of hydrogen-bond donors (Lipinski definition) is 6. The Morgan fingerprint density at radius 3 is 2.16 bits per heavy atom. The summed E-state index contributed by atoms with van der Waals surface area (Å²) >= 11 is 0. The molecule has 0 heterocycles. The third kappa shape index (κ3) is 7.73. The molecule has 230 valence electrons. The van der Waals surface area contributed by atoms with Gasteiger partial charge >= 0.3 is 35.5 Å². The maximum absolute atomic E-state index is 13.5. The minimum Gasteiger partial charge on any atom is -1.00 e. The second-order valence-corrected chi connectivity index (χ2v) is 13.4. The van der Waals surface area contributed by atoms with Gasteiger partial charge in [0.1, 0.15) is 10.9 Å². The normalized spacial score (nSPS) is 13.4. The van der Waals surface area contributed by atoms with E-state index in [2.05, 4.69) is 10.6 Å². The Balaban J connectivity index is 0.00000353. The Labute approximate surface area is 277 Å². The van der Waals surface area contributed by atoms with Crippen molar-refractivity contribution in [1.29, 1.82) is 0 Å². The zero-order valence-electron chi connectivity index (χ0n) is 24.7. The number of benzene rings is 3. The summed E-state index contributed by atoms with van der Waals surface area (Å²) in [5.41, 5.74) is 10.4. The number of aliphatic carboxylic acids is 1. The van der Waals surface area contributed by atoms with Gasteiger partial charge in [-0.1, -0.05) is 36.8 Å². The molecule has 8 N–H and O–H groups in total. The van der Waals surface area contributed by atoms with Crippen LogP contribution in [0.5, 0.6) is 0 Å². The smallest absolute Gasteiger partial charge is 1.00 e. The molecule has 0 amide bonds. The molecule has 0 radical (unpaired) electrons. The van der Waals surface area contributed by atoms with Crippen molar-refractivity contribution in [3.05, 3.63) is 76.9 Å². The van der Waals surface area contributed by atoms with Crippen molar-refractivity contribution < 1.29 is 71.9 Å². The molecule has 3 aromatic carbocycles. The Bertz CT molecular complexity index is 1840. The molecule has 0 aliphatic heterocycles. The Hall–Kier alpha value is -3.15. The number of ketones is 2. The zero-order valence-corrected chi connectivity index (χ0v) is 27.4. The molecule has 0 saturated carbocycles. The number of carbonyl (C=O) groups excluding carboxylic acids is 2. The van der Waals surface area contributed by atoms with Gasteiger partial charge in [-0.3, -0.25) is 18.9 Å². The third-order valence-electron chi connectivity index (χ3n) is 6.93. The van der Waals surface area contributed by atoms with E-state index in [0.717, 1.165) is 6.07 Å². The first-order chi connectivity index (χ1) is 20.2. The average Bonchev–Trinajstić information content (AvgIpc) is 2.95. The van der Waals surface area contributed by atoms with E-state index in [9.17, 15) is 35.8 Å². The van der Waals surface area contributed by atoms with Gasteiger partial charge in [0, 0.05) is 23.4 Å². The SMILES string of the molecule is Nc1c(S(=O)(=O)O)cc(Nc2cccc(S(=O)(=O)CCNCCCC[C@H](N)C(=O)O)c2)c2c1C(=O)c1ccccc1C2=O.[H-].[Na+]. The fraction of sp³-hybridized carbons (Fsp3) is 0.250. The molecular weight excluding hydrogens is 623 g/mol.